The molecule has 17 heavy (non-hydrogen) atoms. The van der Waals surface area contributed by atoms with E-state index in [1.165, 1.54) is 12.5 Å². The Morgan fingerprint density at radius 1 is 1.24 bits per heavy atom. The predicted octanol–water partition coefficient (Wildman–Crippen LogP) is 2.97. The third-order valence-corrected chi connectivity index (χ3v) is 3.63. The van der Waals surface area contributed by atoms with Crippen molar-refractivity contribution in [1.82, 2.24) is 9.55 Å². The van der Waals surface area contributed by atoms with E-state index in [2.05, 4.69) is 4.98 Å². The summed E-state index contributed by atoms with van der Waals surface area (Å²) in [6, 6.07) is 4.94. The Kier molecular flexibility index (Phi) is 2.50. The molecule has 4 heteroatoms. The van der Waals surface area contributed by atoms with Gasteiger partial charge in [-0.05, 0) is 25.0 Å². The van der Waals surface area contributed by atoms with Gasteiger partial charge in [0.15, 0.2) is 0 Å². The van der Waals surface area contributed by atoms with Crippen molar-refractivity contribution in [2.45, 2.75) is 38.1 Å². The van der Waals surface area contributed by atoms with Crippen LogP contribution in [-0.4, -0.2) is 9.55 Å². The van der Waals surface area contributed by atoms with Gasteiger partial charge in [-0.2, -0.15) is 0 Å². The number of aromatic amines is 1. The van der Waals surface area contributed by atoms with Crippen molar-refractivity contribution in [3.05, 3.63) is 34.5 Å². The van der Waals surface area contributed by atoms with Gasteiger partial charge in [-0.15, -0.1) is 0 Å². The summed E-state index contributed by atoms with van der Waals surface area (Å²) >= 11 is 0. The average Bonchev–Trinajstić information content (AvgIpc) is 2.68. The van der Waals surface area contributed by atoms with Crippen LogP contribution < -0.4 is 5.69 Å². The van der Waals surface area contributed by atoms with E-state index in [0.29, 0.717) is 11.0 Å². The Morgan fingerprint density at radius 2 is 2.00 bits per heavy atom. The largest absolute Gasteiger partial charge is 0.326 e. The lowest BCUT2D eigenvalue weighted by atomic mass is 9.95. The number of hydrogen-bond acceptors (Lipinski definition) is 1. The minimum Gasteiger partial charge on any atom is -0.305 e. The SMILES string of the molecule is O=c1[nH]c2cccc(F)c2n1C1CCCCC1. The standard InChI is InChI=1S/C13H15FN2O/c14-10-7-4-8-11-12(10)16(13(17)15-11)9-5-2-1-3-6-9/h4,7-9H,1-3,5-6H2,(H,15,17). The van der Waals surface area contributed by atoms with Crippen LogP contribution in [0.2, 0.25) is 0 Å². The number of rotatable bonds is 1. The van der Waals surface area contributed by atoms with Crippen LogP contribution in [0, 0.1) is 5.82 Å². The van der Waals surface area contributed by atoms with Crippen molar-refractivity contribution in [2.75, 3.05) is 0 Å². The monoisotopic (exact) mass is 234 g/mol. The van der Waals surface area contributed by atoms with Crippen LogP contribution in [0.1, 0.15) is 38.1 Å². The lowest BCUT2D eigenvalue weighted by molar-refractivity contribution is 0.352. The number of fused-ring (bicyclic) bond motifs is 1. The number of imidazole rings is 1. The van der Waals surface area contributed by atoms with Crippen LogP contribution >= 0.6 is 0 Å². The van der Waals surface area contributed by atoms with Crippen molar-refractivity contribution in [3.63, 3.8) is 0 Å². The first kappa shape index (κ1) is 10.6. The van der Waals surface area contributed by atoms with E-state index in [-0.39, 0.29) is 17.5 Å². The highest BCUT2D eigenvalue weighted by atomic mass is 19.1. The Bertz CT molecular complexity index is 593. The molecule has 1 fully saturated rings. The summed E-state index contributed by atoms with van der Waals surface area (Å²) in [4.78, 5) is 14.7. The first-order chi connectivity index (χ1) is 8.27. The van der Waals surface area contributed by atoms with Crippen LogP contribution in [0.3, 0.4) is 0 Å². The van der Waals surface area contributed by atoms with Gasteiger partial charge < -0.3 is 4.98 Å². The number of aromatic nitrogens is 2. The minimum atomic E-state index is -0.313. The lowest BCUT2D eigenvalue weighted by Gasteiger charge is -2.22. The topological polar surface area (TPSA) is 37.8 Å². The molecule has 3 nitrogen and oxygen atoms in total. The van der Waals surface area contributed by atoms with E-state index >= 15 is 0 Å². The van der Waals surface area contributed by atoms with Gasteiger partial charge in [0, 0.05) is 6.04 Å². The summed E-state index contributed by atoms with van der Waals surface area (Å²) in [5.74, 6) is -0.313. The van der Waals surface area contributed by atoms with Gasteiger partial charge in [0.2, 0.25) is 0 Å². The van der Waals surface area contributed by atoms with Gasteiger partial charge in [-0.25, -0.2) is 9.18 Å². The molecule has 1 aliphatic rings. The molecule has 1 heterocycles. The molecule has 0 amide bonds. The number of para-hydroxylation sites is 1. The van der Waals surface area contributed by atoms with Gasteiger partial charge in [-0.3, -0.25) is 4.57 Å². The van der Waals surface area contributed by atoms with E-state index < -0.39 is 0 Å². The summed E-state index contributed by atoms with van der Waals surface area (Å²) in [7, 11) is 0. The first-order valence-electron chi connectivity index (χ1n) is 6.16. The molecule has 0 radical (unpaired) electrons. The number of H-pyrrole nitrogens is 1. The molecule has 3 rings (SSSR count). The zero-order chi connectivity index (χ0) is 11.8. The molecule has 2 aromatic rings. The van der Waals surface area contributed by atoms with E-state index in [1.807, 2.05) is 0 Å². The molecule has 0 unspecified atom stereocenters. The molecule has 0 atom stereocenters. The van der Waals surface area contributed by atoms with Crippen LogP contribution in [-0.2, 0) is 0 Å². The number of nitrogens with one attached hydrogen (secondary N) is 1. The Balaban J connectivity index is 2.20. The van der Waals surface area contributed by atoms with Gasteiger partial charge >= 0.3 is 5.69 Å². The first-order valence-corrected chi connectivity index (χ1v) is 6.16. The van der Waals surface area contributed by atoms with Crippen LogP contribution in [0.4, 0.5) is 4.39 Å². The molecule has 0 saturated heterocycles. The van der Waals surface area contributed by atoms with Gasteiger partial charge in [0.1, 0.15) is 11.3 Å². The van der Waals surface area contributed by atoms with Gasteiger partial charge in [-0.1, -0.05) is 25.3 Å². The number of nitrogens with zero attached hydrogens (tertiary/aromatic N) is 1. The zero-order valence-electron chi connectivity index (χ0n) is 9.58. The summed E-state index contributed by atoms with van der Waals surface area (Å²) in [5.41, 5.74) is 0.849. The Morgan fingerprint density at radius 3 is 2.76 bits per heavy atom. The van der Waals surface area contributed by atoms with Crippen LogP contribution in [0.5, 0.6) is 0 Å². The second-order valence-corrected chi connectivity index (χ2v) is 4.73. The maximum atomic E-state index is 13.8. The maximum Gasteiger partial charge on any atom is 0.326 e. The lowest BCUT2D eigenvalue weighted by Crippen LogP contribution is -2.24. The van der Waals surface area contributed by atoms with Crippen molar-refractivity contribution in [2.24, 2.45) is 0 Å². The number of benzene rings is 1. The second kappa shape index (κ2) is 4.02. The van der Waals surface area contributed by atoms with Crippen LogP contribution in [0.25, 0.3) is 11.0 Å². The van der Waals surface area contributed by atoms with Crippen molar-refractivity contribution >= 4 is 11.0 Å². The summed E-state index contributed by atoms with van der Waals surface area (Å²) in [6.07, 6.45) is 5.41. The highest BCUT2D eigenvalue weighted by Crippen LogP contribution is 2.29. The quantitative estimate of drug-likeness (QED) is 0.809. The Hall–Kier alpha value is -1.58. The second-order valence-electron chi connectivity index (χ2n) is 4.73. The van der Waals surface area contributed by atoms with E-state index in [4.69, 9.17) is 0 Å². The van der Waals surface area contributed by atoms with Crippen molar-refractivity contribution in [3.8, 4) is 0 Å². The van der Waals surface area contributed by atoms with Crippen molar-refractivity contribution < 1.29 is 4.39 Å². The molecule has 1 N–H and O–H groups in total. The number of halogens is 1. The fourth-order valence-electron chi connectivity index (χ4n) is 2.83. The zero-order valence-corrected chi connectivity index (χ0v) is 9.58. The molecule has 1 saturated carbocycles. The molecule has 1 aromatic carbocycles. The molecular formula is C13H15FN2O. The third kappa shape index (κ3) is 1.68. The fourth-order valence-corrected chi connectivity index (χ4v) is 2.83. The molecule has 1 aromatic heterocycles. The van der Waals surface area contributed by atoms with Crippen molar-refractivity contribution in [1.29, 1.82) is 0 Å². The number of hydrogen-bond donors (Lipinski definition) is 1. The molecule has 90 valence electrons. The van der Waals surface area contributed by atoms with E-state index in [0.717, 1.165) is 25.7 Å². The minimum absolute atomic E-state index is 0.155. The molecule has 1 aliphatic carbocycles. The predicted molar refractivity (Wildman–Crippen MR) is 64.6 cm³/mol. The summed E-state index contributed by atoms with van der Waals surface area (Å²) in [5, 5.41) is 0. The third-order valence-electron chi connectivity index (χ3n) is 3.63. The smallest absolute Gasteiger partial charge is 0.305 e. The molecule has 0 aliphatic heterocycles. The van der Waals surface area contributed by atoms with E-state index in [1.54, 1.807) is 16.7 Å². The Labute approximate surface area is 98.3 Å². The molecule has 0 spiro atoms. The van der Waals surface area contributed by atoms with Crippen LogP contribution in [0.15, 0.2) is 23.0 Å². The van der Waals surface area contributed by atoms with E-state index in [9.17, 15) is 9.18 Å². The highest BCUT2D eigenvalue weighted by Gasteiger charge is 2.21. The average molecular weight is 234 g/mol. The summed E-state index contributed by atoms with van der Waals surface area (Å²) in [6.45, 7) is 0. The maximum absolute atomic E-state index is 13.8. The summed E-state index contributed by atoms with van der Waals surface area (Å²) < 4.78 is 15.5. The van der Waals surface area contributed by atoms with Gasteiger partial charge in [0.05, 0.1) is 5.52 Å². The fraction of sp³-hybridized carbons (Fsp3) is 0.462. The normalized spacial score (nSPS) is 17.7. The highest BCUT2D eigenvalue weighted by molar-refractivity contribution is 5.75. The molecular weight excluding hydrogens is 219 g/mol. The van der Waals surface area contributed by atoms with Gasteiger partial charge in [0.25, 0.3) is 0 Å². The molecule has 0 bridgehead atoms.